The van der Waals surface area contributed by atoms with Gasteiger partial charge >= 0.3 is 30.3 Å². The zero-order valence-corrected chi connectivity index (χ0v) is 60.7. The Morgan fingerprint density at radius 1 is 0.378 bits per heavy atom. The number of carboxylic acids is 1. The molecule has 21 nitrogen and oxygen atoms in total. The van der Waals surface area contributed by atoms with Gasteiger partial charge in [0.05, 0.1) is 55.2 Å². The number of nitrogens with zero attached hydrogens (tertiary/aromatic N) is 4. The lowest BCUT2D eigenvalue weighted by Gasteiger charge is -2.43. The number of amides is 4. The number of rotatable bonds is 16. The summed E-state index contributed by atoms with van der Waals surface area (Å²) in [5.74, 6) is -0.729. The van der Waals surface area contributed by atoms with E-state index in [1.165, 1.54) is 19.3 Å². The van der Waals surface area contributed by atoms with Gasteiger partial charge in [-0.15, -0.1) is 12.4 Å². The molecule has 6 aliphatic heterocycles. The van der Waals surface area contributed by atoms with Crippen LogP contribution in [0.4, 0.5) is 19.2 Å². The molecule has 0 aromatic heterocycles. The van der Waals surface area contributed by atoms with Crippen LogP contribution in [0.15, 0.2) is 121 Å². The van der Waals surface area contributed by atoms with Crippen molar-refractivity contribution in [3.05, 3.63) is 144 Å². The molecule has 0 saturated carbocycles. The van der Waals surface area contributed by atoms with Crippen LogP contribution in [0.1, 0.15) is 179 Å². The molecular weight excluding hydrogens is 1270 g/mol. The Kier molecular flexibility index (Phi) is 36.9. The van der Waals surface area contributed by atoms with E-state index in [-0.39, 0.29) is 87.5 Å². The van der Waals surface area contributed by atoms with Crippen LogP contribution in [0.2, 0.25) is 0 Å². The molecular formula is C76H117ClN6O15. The monoisotopic (exact) mass is 1390 g/mol. The standard InChI is InChI=1S/C16H23NO3.3C15H21NO3.C8H17NO.C7H13NO2.ClH/c1-16(13-19-2)10-6-7-11-17(16)15(18)20-12-14-8-4-3-5-9-14;3*1-15(12-17)9-5-6-10-16(15)14(18)19-11-13-7-3-2-4-8-13;1-8(7-10-2)5-3-4-6-9-8;1-7(6(9)10)4-2-3-5-8-7;/h3-5,8-9H,6-7,10-13H2,1-2H3;3*2-4,7-8,17H,5-6,9-12H2,1H3;9H,3-7H2,1-2H3;8H,2-5H2,1H3,(H,9,10);1H/t16-;3*15-;8-;;/m01000../s1. The second-order valence-corrected chi connectivity index (χ2v) is 27.9. The van der Waals surface area contributed by atoms with Crippen molar-refractivity contribution in [3.63, 3.8) is 0 Å². The fourth-order valence-electron chi connectivity index (χ4n) is 12.9. The number of carbonyl (C=O) groups excluding carboxylic acids is 4. The van der Waals surface area contributed by atoms with Gasteiger partial charge in [0.25, 0.3) is 0 Å². The highest BCUT2D eigenvalue weighted by Crippen LogP contribution is 2.32. The topological polar surface area (TPSA) is 259 Å². The van der Waals surface area contributed by atoms with Crippen molar-refractivity contribution in [2.24, 2.45) is 0 Å². The van der Waals surface area contributed by atoms with E-state index in [9.17, 15) is 39.3 Å². The Labute approximate surface area is 590 Å². The first kappa shape index (κ1) is 83.9. The van der Waals surface area contributed by atoms with Gasteiger partial charge in [-0.3, -0.25) is 4.79 Å². The second kappa shape index (κ2) is 43.2. The summed E-state index contributed by atoms with van der Waals surface area (Å²) in [7, 11) is 3.44. The maximum Gasteiger partial charge on any atom is 0.410 e. The Morgan fingerprint density at radius 3 is 0.898 bits per heavy atom. The van der Waals surface area contributed by atoms with E-state index in [2.05, 4.69) is 24.5 Å². The molecule has 0 radical (unpaired) electrons. The average molecular weight is 1390 g/mol. The van der Waals surface area contributed by atoms with E-state index in [0.29, 0.717) is 32.8 Å². The number of carboxylic acid groups (broad SMARTS) is 1. The first-order valence-corrected chi connectivity index (χ1v) is 35.0. The SMILES string of the molecule is CC1(C(=O)O)CCCCN1.COC[C@]1(C)CCCCN1.COC[C@]1(C)CCCCN1C(=O)OCc1ccccc1.C[C@@]1(CO)CCCCN1C(=O)OCc1ccccc1.C[C@@]1(CO)CCCCN1C(=O)OCc1ccccc1.C[C@]1(CO)CCCCN1C(=O)OCc1ccccc1.Cl. The van der Waals surface area contributed by atoms with Crippen LogP contribution in [0.25, 0.3) is 0 Å². The van der Waals surface area contributed by atoms with E-state index in [0.717, 1.165) is 145 Å². The largest absolute Gasteiger partial charge is 0.480 e. The minimum absolute atomic E-state index is 0. The number of ether oxygens (including phenoxy) is 6. The first-order valence-electron chi connectivity index (χ1n) is 35.0. The van der Waals surface area contributed by atoms with Crippen LogP contribution >= 0.6 is 12.4 Å². The minimum Gasteiger partial charge on any atom is -0.480 e. The normalized spacial score (nSPS) is 25.0. The first-order chi connectivity index (χ1) is 46.5. The minimum atomic E-state index is -0.729. The Bertz CT molecular complexity index is 2690. The third-order valence-electron chi connectivity index (χ3n) is 19.4. The Hall–Kier alpha value is -6.56. The molecule has 22 heteroatoms. The fraction of sp³-hybridized carbons (Fsp3) is 0.618. The molecule has 10 rings (SSSR count). The molecule has 548 valence electrons. The van der Waals surface area contributed by atoms with Gasteiger partial charge in [-0.25, -0.2) is 19.2 Å². The number of halogens is 1. The van der Waals surface area contributed by atoms with Gasteiger partial charge in [-0.2, -0.15) is 0 Å². The number of nitrogens with one attached hydrogen (secondary N) is 2. The van der Waals surface area contributed by atoms with Crippen LogP contribution in [0.3, 0.4) is 0 Å². The molecule has 4 amide bonds. The van der Waals surface area contributed by atoms with Gasteiger partial charge in [0.2, 0.25) is 0 Å². The molecule has 0 spiro atoms. The second-order valence-electron chi connectivity index (χ2n) is 27.9. The molecule has 4 aromatic rings. The van der Waals surface area contributed by atoms with Crippen molar-refractivity contribution in [1.82, 2.24) is 30.2 Å². The van der Waals surface area contributed by atoms with Crippen LogP contribution in [-0.2, 0) is 59.6 Å². The summed E-state index contributed by atoms with van der Waals surface area (Å²) in [6.45, 7) is 19.0. The molecule has 6 heterocycles. The Morgan fingerprint density at radius 2 is 0.653 bits per heavy atom. The third kappa shape index (κ3) is 27.2. The van der Waals surface area contributed by atoms with Gasteiger partial charge in [-0.05, 0) is 186 Å². The van der Waals surface area contributed by atoms with Crippen LogP contribution in [0.5, 0.6) is 0 Å². The van der Waals surface area contributed by atoms with Gasteiger partial charge in [0.15, 0.2) is 0 Å². The summed E-state index contributed by atoms with van der Waals surface area (Å²) in [4.78, 5) is 66.2. The number of carbonyl (C=O) groups is 5. The lowest BCUT2D eigenvalue weighted by molar-refractivity contribution is -0.145. The van der Waals surface area contributed by atoms with E-state index in [1.54, 1.807) is 35.8 Å². The number of likely N-dealkylation sites (tertiary alicyclic amines) is 4. The van der Waals surface area contributed by atoms with Gasteiger partial charge in [0.1, 0.15) is 32.0 Å². The molecule has 1 unspecified atom stereocenters. The molecule has 6 aliphatic rings. The number of aliphatic carboxylic acids is 1. The van der Waals surface area contributed by atoms with Crippen LogP contribution < -0.4 is 10.6 Å². The summed E-state index contributed by atoms with van der Waals surface area (Å²) in [5.41, 5.74) is 1.83. The van der Waals surface area contributed by atoms with Crippen molar-refractivity contribution in [1.29, 1.82) is 0 Å². The average Bonchev–Trinajstić information content (AvgIpc) is 0.896. The molecule has 6 atom stereocenters. The smallest absolute Gasteiger partial charge is 0.410 e. The van der Waals surface area contributed by atoms with Gasteiger partial charge < -0.3 is 79.1 Å². The predicted molar refractivity (Wildman–Crippen MR) is 383 cm³/mol. The number of hydrogen-bond acceptors (Lipinski definition) is 16. The number of benzene rings is 4. The number of methoxy groups -OCH3 is 2. The highest BCUT2D eigenvalue weighted by atomic mass is 35.5. The van der Waals surface area contributed by atoms with Crippen molar-refractivity contribution < 1.29 is 72.8 Å². The molecule has 6 fully saturated rings. The summed E-state index contributed by atoms with van der Waals surface area (Å²) >= 11 is 0. The summed E-state index contributed by atoms with van der Waals surface area (Å²) in [6.07, 6.45) is 17.2. The van der Waals surface area contributed by atoms with Gasteiger partial charge in [-0.1, -0.05) is 128 Å². The van der Waals surface area contributed by atoms with Crippen LogP contribution in [-0.4, -0.2) is 190 Å². The highest BCUT2D eigenvalue weighted by Gasteiger charge is 2.42. The summed E-state index contributed by atoms with van der Waals surface area (Å²) < 4.78 is 31.9. The van der Waals surface area contributed by atoms with E-state index in [1.807, 2.05) is 147 Å². The number of hydrogen-bond donors (Lipinski definition) is 6. The van der Waals surface area contributed by atoms with Gasteiger partial charge in [0, 0.05) is 45.9 Å². The number of aliphatic hydroxyl groups excluding tert-OH is 3. The summed E-state index contributed by atoms with van der Waals surface area (Å²) in [5, 5.41) is 43.7. The van der Waals surface area contributed by atoms with Crippen molar-refractivity contribution in [2.45, 2.75) is 217 Å². The maximum atomic E-state index is 12.3. The van der Waals surface area contributed by atoms with E-state index >= 15 is 0 Å². The zero-order valence-electron chi connectivity index (χ0n) is 59.9. The zero-order chi connectivity index (χ0) is 70.6. The number of aliphatic hydroxyl groups is 3. The predicted octanol–water partition coefficient (Wildman–Crippen LogP) is 13.1. The van der Waals surface area contributed by atoms with Crippen molar-refractivity contribution >= 4 is 42.7 Å². The fourth-order valence-corrected chi connectivity index (χ4v) is 12.9. The van der Waals surface area contributed by atoms with Crippen LogP contribution in [0, 0.1) is 0 Å². The maximum absolute atomic E-state index is 12.3. The lowest BCUT2D eigenvalue weighted by atomic mass is 9.89. The molecule has 0 bridgehead atoms. The van der Waals surface area contributed by atoms with Crippen molar-refractivity contribution in [2.75, 3.05) is 86.5 Å². The summed E-state index contributed by atoms with van der Waals surface area (Å²) in [6, 6.07) is 38.6. The van der Waals surface area contributed by atoms with E-state index in [4.69, 9.17) is 33.5 Å². The lowest BCUT2D eigenvalue weighted by Crippen LogP contribution is -2.55. The van der Waals surface area contributed by atoms with E-state index < -0.39 is 28.1 Å². The quantitative estimate of drug-likeness (QED) is 0.0570. The molecule has 98 heavy (non-hydrogen) atoms. The molecule has 4 aromatic carbocycles. The number of piperidine rings is 6. The molecule has 6 saturated heterocycles. The molecule has 6 N–H and O–H groups in total. The van der Waals surface area contributed by atoms with Crippen molar-refractivity contribution in [3.8, 4) is 0 Å². The third-order valence-corrected chi connectivity index (χ3v) is 19.4. The Balaban J connectivity index is 0.000000254. The highest BCUT2D eigenvalue weighted by molar-refractivity contribution is 5.85. The molecule has 0 aliphatic carbocycles.